The molecule has 0 aliphatic rings. The summed E-state index contributed by atoms with van der Waals surface area (Å²) < 4.78 is 38.9. The molecular weight excluding hydrogens is 285 g/mol. The van der Waals surface area contributed by atoms with E-state index in [1.807, 2.05) is 41.5 Å². The summed E-state index contributed by atoms with van der Waals surface area (Å²) in [6, 6.07) is 1.34. The van der Waals surface area contributed by atoms with E-state index in [1.165, 1.54) is 0 Å². The molecule has 0 saturated heterocycles. The maximum Gasteiger partial charge on any atom is 0.444 e. The summed E-state index contributed by atoms with van der Waals surface area (Å²) >= 11 is 0. The Hall–Kier alpha value is -0.363. The van der Waals surface area contributed by atoms with Crippen molar-refractivity contribution in [3.8, 4) is 0 Å². The highest BCUT2D eigenvalue weighted by molar-refractivity contribution is 7.06. The molecule has 0 aromatic rings. The SMILES string of the molecule is CC(C)C[Si](CC(C)C)(CC(C)C)C(=O)C(F)(F)F.O. The highest BCUT2D eigenvalue weighted by atomic mass is 28.3. The summed E-state index contributed by atoms with van der Waals surface area (Å²) in [4.78, 5) is 12.0. The number of alkyl halides is 3. The van der Waals surface area contributed by atoms with Crippen LogP contribution in [0.1, 0.15) is 41.5 Å². The van der Waals surface area contributed by atoms with Crippen LogP contribution in [0.3, 0.4) is 0 Å². The van der Waals surface area contributed by atoms with Crippen LogP contribution in [-0.2, 0) is 4.79 Å². The van der Waals surface area contributed by atoms with Gasteiger partial charge in [0.15, 0.2) is 0 Å². The van der Waals surface area contributed by atoms with Gasteiger partial charge in [0.1, 0.15) is 8.07 Å². The van der Waals surface area contributed by atoms with Crippen LogP contribution in [0, 0.1) is 17.8 Å². The Morgan fingerprint density at radius 2 is 1.10 bits per heavy atom. The van der Waals surface area contributed by atoms with Crippen LogP contribution >= 0.6 is 0 Å². The van der Waals surface area contributed by atoms with Gasteiger partial charge in [-0.1, -0.05) is 41.5 Å². The largest absolute Gasteiger partial charge is 0.444 e. The molecule has 6 heteroatoms. The number of hydrogen-bond donors (Lipinski definition) is 0. The van der Waals surface area contributed by atoms with Gasteiger partial charge in [-0.25, -0.2) is 0 Å². The average Bonchev–Trinajstić information content (AvgIpc) is 2.11. The lowest BCUT2D eigenvalue weighted by Gasteiger charge is -2.35. The molecule has 0 rings (SSSR count). The Bertz CT molecular complexity index is 273. The molecule has 0 fully saturated rings. The van der Waals surface area contributed by atoms with Gasteiger partial charge in [-0.3, -0.25) is 4.79 Å². The molecule has 0 spiro atoms. The van der Waals surface area contributed by atoms with Gasteiger partial charge in [-0.05, 0) is 35.9 Å². The molecule has 0 heterocycles. The Balaban J connectivity index is 0. The Kier molecular flexibility index (Phi) is 8.96. The van der Waals surface area contributed by atoms with Gasteiger partial charge in [0.2, 0.25) is 5.41 Å². The summed E-state index contributed by atoms with van der Waals surface area (Å²) in [5.41, 5.74) is 0. The first-order valence-electron chi connectivity index (χ1n) is 7.02. The van der Waals surface area contributed by atoms with E-state index in [9.17, 15) is 18.0 Å². The van der Waals surface area contributed by atoms with E-state index in [4.69, 9.17) is 0 Å². The normalized spacial score (nSPS) is 13.0. The quantitative estimate of drug-likeness (QED) is 0.648. The van der Waals surface area contributed by atoms with E-state index in [1.54, 1.807) is 0 Å². The standard InChI is InChI=1S/C14H27F3OSi.H2O/c1-10(2)7-19(8-11(3)4,9-12(5)6)13(18)14(15,16)17;/h10-12H,7-9H2,1-6H3;1H2. The highest BCUT2D eigenvalue weighted by Gasteiger charge is 2.54. The zero-order chi connectivity index (χ0) is 15.4. The summed E-state index contributed by atoms with van der Waals surface area (Å²) in [5.74, 6) is 0.404. The second-order valence-corrected chi connectivity index (χ2v) is 11.1. The van der Waals surface area contributed by atoms with E-state index < -0.39 is 19.7 Å². The van der Waals surface area contributed by atoms with Crippen LogP contribution in [0.25, 0.3) is 0 Å². The maximum atomic E-state index is 13.0. The van der Waals surface area contributed by atoms with Crippen molar-refractivity contribution in [3.63, 3.8) is 0 Å². The molecule has 0 atom stereocenters. The van der Waals surface area contributed by atoms with Crippen molar-refractivity contribution in [2.75, 3.05) is 0 Å². The van der Waals surface area contributed by atoms with Gasteiger partial charge in [0.05, 0.1) is 0 Å². The van der Waals surface area contributed by atoms with E-state index in [-0.39, 0.29) is 23.2 Å². The molecule has 0 unspecified atom stereocenters. The van der Waals surface area contributed by atoms with Crippen molar-refractivity contribution in [3.05, 3.63) is 0 Å². The van der Waals surface area contributed by atoms with Crippen molar-refractivity contribution >= 4 is 13.5 Å². The van der Waals surface area contributed by atoms with E-state index >= 15 is 0 Å². The minimum Gasteiger partial charge on any atom is -0.412 e. The molecule has 0 aliphatic carbocycles. The lowest BCUT2D eigenvalue weighted by Crippen LogP contribution is -2.53. The molecule has 0 aromatic heterocycles. The van der Waals surface area contributed by atoms with Crippen LogP contribution in [-0.4, -0.2) is 25.1 Å². The summed E-state index contributed by atoms with van der Waals surface area (Å²) in [5, 5.41) is -1.39. The van der Waals surface area contributed by atoms with Gasteiger partial charge in [0, 0.05) is 0 Å². The van der Waals surface area contributed by atoms with Crippen LogP contribution in [0.4, 0.5) is 13.2 Å². The first kappa shape index (κ1) is 21.9. The van der Waals surface area contributed by atoms with Crippen molar-refractivity contribution in [2.24, 2.45) is 17.8 Å². The topological polar surface area (TPSA) is 48.6 Å². The molecule has 0 radical (unpaired) electrons. The fraction of sp³-hybridized carbons (Fsp3) is 0.929. The fourth-order valence-corrected chi connectivity index (χ4v) is 9.52. The molecule has 0 amide bonds. The number of hydrogen-bond acceptors (Lipinski definition) is 1. The molecule has 0 aromatic carbocycles. The zero-order valence-electron chi connectivity index (χ0n) is 13.4. The summed E-state index contributed by atoms with van der Waals surface area (Å²) in [6.07, 6.45) is -4.68. The van der Waals surface area contributed by atoms with Gasteiger partial charge >= 0.3 is 6.18 Å². The molecule has 2 nitrogen and oxygen atoms in total. The Morgan fingerprint density at radius 1 is 0.850 bits per heavy atom. The number of rotatable bonds is 7. The third kappa shape index (κ3) is 6.88. The molecular formula is C14H29F3O2Si. The molecule has 122 valence electrons. The third-order valence-corrected chi connectivity index (χ3v) is 9.18. The Labute approximate surface area is 121 Å². The van der Waals surface area contributed by atoms with Crippen LogP contribution in [0.2, 0.25) is 18.1 Å². The first-order valence-corrected chi connectivity index (χ1v) is 9.64. The highest BCUT2D eigenvalue weighted by Crippen LogP contribution is 2.37. The van der Waals surface area contributed by atoms with Crippen LogP contribution in [0.5, 0.6) is 0 Å². The maximum absolute atomic E-state index is 13.0. The minimum absolute atomic E-state index is 0. The van der Waals surface area contributed by atoms with Gasteiger partial charge in [-0.2, -0.15) is 13.2 Å². The third-order valence-electron chi connectivity index (χ3n) is 3.14. The molecule has 0 aliphatic heterocycles. The second-order valence-electron chi connectivity index (χ2n) is 6.90. The minimum atomic E-state index is -4.68. The van der Waals surface area contributed by atoms with Crippen molar-refractivity contribution in [1.29, 1.82) is 0 Å². The second kappa shape index (κ2) is 8.17. The lowest BCUT2D eigenvalue weighted by atomic mass is 10.2. The first-order chi connectivity index (χ1) is 8.40. The van der Waals surface area contributed by atoms with Gasteiger partial charge < -0.3 is 5.48 Å². The monoisotopic (exact) mass is 314 g/mol. The number of carbonyl (C=O) groups is 1. The molecule has 2 N–H and O–H groups in total. The summed E-state index contributed by atoms with van der Waals surface area (Å²) in [7, 11) is -2.99. The predicted molar refractivity (Wildman–Crippen MR) is 79.4 cm³/mol. The molecule has 0 bridgehead atoms. The average molecular weight is 314 g/mol. The van der Waals surface area contributed by atoms with E-state index in [2.05, 4.69) is 0 Å². The van der Waals surface area contributed by atoms with Gasteiger partial charge in [0.25, 0.3) is 0 Å². The number of carbonyl (C=O) groups excluding carboxylic acids is 1. The molecule has 20 heavy (non-hydrogen) atoms. The fourth-order valence-electron chi connectivity index (χ4n) is 3.17. The smallest absolute Gasteiger partial charge is 0.412 e. The van der Waals surface area contributed by atoms with Crippen molar-refractivity contribution in [1.82, 2.24) is 0 Å². The van der Waals surface area contributed by atoms with Crippen molar-refractivity contribution in [2.45, 2.75) is 65.9 Å². The lowest BCUT2D eigenvalue weighted by molar-refractivity contribution is -0.163. The molecule has 0 saturated carbocycles. The van der Waals surface area contributed by atoms with E-state index in [0.717, 1.165) is 0 Å². The van der Waals surface area contributed by atoms with Crippen molar-refractivity contribution < 1.29 is 23.4 Å². The number of halogens is 3. The zero-order valence-corrected chi connectivity index (χ0v) is 14.4. The van der Waals surface area contributed by atoms with Gasteiger partial charge in [-0.15, -0.1) is 0 Å². The van der Waals surface area contributed by atoms with Crippen LogP contribution in [0.15, 0.2) is 0 Å². The van der Waals surface area contributed by atoms with Crippen LogP contribution < -0.4 is 0 Å². The summed E-state index contributed by atoms with van der Waals surface area (Å²) in [6.45, 7) is 11.5. The van der Waals surface area contributed by atoms with E-state index in [0.29, 0.717) is 18.1 Å². The Morgan fingerprint density at radius 3 is 1.25 bits per heavy atom. The predicted octanol–water partition coefficient (Wildman–Crippen LogP) is 4.25.